The zero-order valence-corrected chi connectivity index (χ0v) is 15.3. The third-order valence-electron chi connectivity index (χ3n) is 4.84. The number of hydrogen-bond acceptors (Lipinski definition) is 4. The molecule has 3 nitrogen and oxygen atoms in total. The second-order valence-corrected chi connectivity index (χ2v) is 8.54. The van der Waals surface area contributed by atoms with Crippen LogP contribution in [0.2, 0.25) is 0 Å². The number of para-hydroxylation sites is 1. The van der Waals surface area contributed by atoms with Crippen molar-refractivity contribution in [2.45, 2.75) is 13.8 Å². The summed E-state index contributed by atoms with van der Waals surface area (Å²) in [6.07, 6.45) is 0. The van der Waals surface area contributed by atoms with E-state index in [-0.39, 0.29) is 11.1 Å². The number of nitrogens with zero attached hydrogens (tertiary/aromatic N) is 1. The quantitative estimate of drug-likeness (QED) is 0.400. The SMILES string of the molecule is Cc1cccc(C)c1-n1c(=O)c2ccc3ssc4ccc(c1=O)c2c34. The molecule has 122 valence electrons. The average molecular weight is 363 g/mol. The fraction of sp³-hybridized carbons (Fsp3) is 0.100. The Bertz CT molecular complexity index is 1310. The van der Waals surface area contributed by atoms with Crippen molar-refractivity contribution in [1.29, 1.82) is 0 Å². The van der Waals surface area contributed by atoms with Gasteiger partial charge in [-0.3, -0.25) is 9.59 Å². The molecule has 3 aromatic carbocycles. The van der Waals surface area contributed by atoms with Gasteiger partial charge in [-0.1, -0.05) is 38.9 Å². The van der Waals surface area contributed by atoms with Crippen molar-refractivity contribution in [3.8, 4) is 5.69 Å². The van der Waals surface area contributed by atoms with E-state index in [1.807, 2.05) is 56.3 Å². The molecule has 0 N–H and O–H groups in total. The Morgan fingerprint density at radius 1 is 0.720 bits per heavy atom. The van der Waals surface area contributed by atoms with Crippen molar-refractivity contribution in [3.05, 3.63) is 74.3 Å². The summed E-state index contributed by atoms with van der Waals surface area (Å²) in [6.45, 7) is 3.86. The third-order valence-corrected chi connectivity index (χ3v) is 7.29. The second-order valence-electron chi connectivity index (χ2n) is 6.33. The first-order valence-corrected chi connectivity index (χ1v) is 10.1. The molecule has 0 radical (unpaired) electrons. The van der Waals surface area contributed by atoms with Crippen LogP contribution in [0.4, 0.5) is 0 Å². The minimum atomic E-state index is -0.236. The van der Waals surface area contributed by atoms with Gasteiger partial charge in [0.1, 0.15) is 0 Å². The molecule has 0 aliphatic heterocycles. The molecule has 25 heavy (non-hydrogen) atoms. The molecule has 5 heteroatoms. The highest BCUT2D eigenvalue weighted by Gasteiger charge is 2.19. The van der Waals surface area contributed by atoms with Crippen LogP contribution in [0.1, 0.15) is 11.1 Å². The van der Waals surface area contributed by atoms with Crippen LogP contribution in [0.25, 0.3) is 36.6 Å². The van der Waals surface area contributed by atoms with Crippen LogP contribution in [0, 0.1) is 13.8 Å². The largest absolute Gasteiger partial charge is 0.268 e. The van der Waals surface area contributed by atoms with E-state index in [2.05, 4.69) is 0 Å². The summed E-state index contributed by atoms with van der Waals surface area (Å²) in [6, 6.07) is 13.5. The van der Waals surface area contributed by atoms with E-state index in [4.69, 9.17) is 0 Å². The Morgan fingerprint density at radius 3 is 1.76 bits per heavy atom. The third kappa shape index (κ3) is 1.85. The standard InChI is InChI=1S/C20H13NO2S2/c1-10-4-3-5-11(2)18(10)21-19(22)12-6-8-14-17-15(25-24-14)9-7-13(16(12)17)20(21)23/h3-9H,1-2H3. The summed E-state index contributed by atoms with van der Waals surface area (Å²) in [5.41, 5.74) is 2.07. The molecule has 0 fully saturated rings. The van der Waals surface area contributed by atoms with Crippen LogP contribution < -0.4 is 11.1 Å². The van der Waals surface area contributed by atoms with Gasteiger partial charge in [-0.2, -0.15) is 0 Å². The minimum absolute atomic E-state index is 0.236. The number of pyridine rings is 1. The first-order valence-electron chi connectivity index (χ1n) is 7.97. The van der Waals surface area contributed by atoms with Gasteiger partial charge < -0.3 is 0 Å². The van der Waals surface area contributed by atoms with Gasteiger partial charge in [0.05, 0.1) is 5.69 Å². The smallest absolute Gasteiger partial charge is 0.266 e. The van der Waals surface area contributed by atoms with Gasteiger partial charge in [0.25, 0.3) is 11.1 Å². The van der Waals surface area contributed by atoms with Crippen LogP contribution in [0.3, 0.4) is 0 Å². The second kappa shape index (κ2) is 5.00. The van der Waals surface area contributed by atoms with Gasteiger partial charge in [0.2, 0.25) is 0 Å². The van der Waals surface area contributed by atoms with Crippen molar-refractivity contribution in [2.75, 3.05) is 0 Å². The van der Waals surface area contributed by atoms with E-state index in [1.165, 1.54) is 4.57 Å². The van der Waals surface area contributed by atoms with E-state index >= 15 is 0 Å². The number of benzene rings is 3. The molecule has 0 aliphatic rings. The van der Waals surface area contributed by atoms with Gasteiger partial charge in [-0.05, 0) is 49.2 Å². The number of rotatable bonds is 1. The number of aromatic nitrogens is 1. The Hall–Kier alpha value is -2.50. The predicted octanol–water partition coefficient (Wildman–Crippen LogP) is 4.83. The molecule has 0 aliphatic carbocycles. The molecule has 0 spiro atoms. The fourth-order valence-corrected chi connectivity index (χ4v) is 6.17. The van der Waals surface area contributed by atoms with Crippen LogP contribution in [0.15, 0.2) is 52.1 Å². The number of hydrogen-bond donors (Lipinski definition) is 0. The van der Waals surface area contributed by atoms with Gasteiger partial charge in [0, 0.05) is 30.9 Å². The van der Waals surface area contributed by atoms with Crippen molar-refractivity contribution < 1.29 is 0 Å². The highest BCUT2D eigenvalue weighted by molar-refractivity contribution is 7.75. The first kappa shape index (κ1) is 14.8. The first-order chi connectivity index (χ1) is 12.1. The lowest BCUT2D eigenvalue weighted by Gasteiger charge is -2.14. The topological polar surface area (TPSA) is 39.1 Å². The van der Waals surface area contributed by atoms with Crippen LogP contribution in [-0.4, -0.2) is 4.57 Å². The lowest BCUT2D eigenvalue weighted by atomic mass is 10.0. The molecular formula is C20H13NO2S2. The van der Waals surface area contributed by atoms with Crippen molar-refractivity contribution in [2.24, 2.45) is 0 Å². The molecule has 5 rings (SSSR count). The van der Waals surface area contributed by atoms with Crippen LogP contribution in [0.5, 0.6) is 0 Å². The normalized spacial score (nSPS) is 11.9. The van der Waals surface area contributed by atoms with E-state index in [0.717, 1.165) is 31.3 Å². The maximum Gasteiger partial charge on any atom is 0.266 e. The molecule has 0 saturated heterocycles. The van der Waals surface area contributed by atoms with Crippen molar-refractivity contribution in [1.82, 2.24) is 4.57 Å². The van der Waals surface area contributed by atoms with Gasteiger partial charge in [0.15, 0.2) is 0 Å². The summed E-state index contributed by atoms with van der Waals surface area (Å²) in [7, 11) is 3.37. The minimum Gasteiger partial charge on any atom is -0.268 e. The van der Waals surface area contributed by atoms with Crippen LogP contribution >= 0.6 is 20.7 Å². The monoisotopic (exact) mass is 363 g/mol. The highest BCUT2D eigenvalue weighted by Crippen LogP contribution is 2.39. The maximum atomic E-state index is 13.3. The van der Waals surface area contributed by atoms with E-state index in [9.17, 15) is 9.59 Å². The Kier molecular flexibility index (Phi) is 2.96. The van der Waals surface area contributed by atoms with Gasteiger partial charge in [-0.25, -0.2) is 4.57 Å². The highest BCUT2D eigenvalue weighted by atomic mass is 32.9. The number of aryl methyl sites for hydroxylation is 2. The molecule has 0 amide bonds. The van der Waals surface area contributed by atoms with E-state index in [1.54, 1.807) is 20.7 Å². The summed E-state index contributed by atoms with van der Waals surface area (Å²) in [4.78, 5) is 26.5. The molecular weight excluding hydrogens is 350 g/mol. The molecule has 0 atom stereocenters. The van der Waals surface area contributed by atoms with Gasteiger partial charge >= 0.3 is 0 Å². The molecule has 5 aromatic rings. The van der Waals surface area contributed by atoms with Crippen LogP contribution in [-0.2, 0) is 0 Å². The summed E-state index contributed by atoms with van der Waals surface area (Å²) in [5, 5.41) is 3.08. The maximum absolute atomic E-state index is 13.3. The van der Waals surface area contributed by atoms with E-state index in [0.29, 0.717) is 16.5 Å². The van der Waals surface area contributed by atoms with Gasteiger partial charge in [-0.15, -0.1) is 0 Å². The Balaban J connectivity index is 2.09. The summed E-state index contributed by atoms with van der Waals surface area (Å²) < 4.78 is 3.60. The Labute approximate surface area is 150 Å². The average Bonchev–Trinajstić information content (AvgIpc) is 3.02. The molecule has 2 heterocycles. The molecule has 0 saturated carbocycles. The van der Waals surface area contributed by atoms with E-state index < -0.39 is 0 Å². The predicted molar refractivity (Wildman–Crippen MR) is 107 cm³/mol. The zero-order valence-electron chi connectivity index (χ0n) is 13.6. The summed E-state index contributed by atoms with van der Waals surface area (Å²) >= 11 is 0. The lowest BCUT2D eigenvalue weighted by molar-refractivity contribution is 0.946. The fourth-order valence-electron chi connectivity index (χ4n) is 3.71. The molecule has 2 aromatic heterocycles. The zero-order chi connectivity index (χ0) is 17.3. The molecule has 0 unspecified atom stereocenters. The van der Waals surface area contributed by atoms with Crippen molar-refractivity contribution in [3.63, 3.8) is 0 Å². The van der Waals surface area contributed by atoms with Crippen molar-refractivity contribution >= 4 is 51.6 Å². The Morgan fingerprint density at radius 2 is 1.24 bits per heavy atom. The molecule has 0 bridgehead atoms. The summed E-state index contributed by atoms with van der Waals surface area (Å²) in [5.74, 6) is 0. The lowest BCUT2D eigenvalue weighted by Crippen LogP contribution is -2.32.